The maximum absolute atomic E-state index is 12.2. The Morgan fingerprint density at radius 3 is 2.76 bits per heavy atom. The zero-order chi connectivity index (χ0) is 17.3. The van der Waals surface area contributed by atoms with Crippen molar-refractivity contribution in [2.75, 3.05) is 13.1 Å². The van der Waals surface area contributed by atoms with E-state index in [0.717, 1.165) is 25.7 Å². The first-order chi connectivity index (χ1) is 11.4. The van der Waals surface area contributed by atoms with E-state index in [0.29, 0.717) is 18.9 Å². The quantitative estimate of drug-likeness (QED) is 0.743. The Balaban J connectivity index is 0.00000225. The molecule has 1 saturated carbocycles. The Bertz CT molecular complexity index is 708. The molecule has 3 atom stereocenters. The van der Waals surface area contributed by atoms with Crippen molar-refractivity contribution < 1.29 is 18.3 Å². The average molecular weight is 393 g/mol. The summed E-state index contributed by atoms with van der Waals surface area (Å²) in [5.74, 6) is -0.380. The van der Waals surface area contributed by atoms with Gasteiger partial charge in [0.05, 0.1) is 6.20 Å². The molecule has 0 amide bonds. The van der Waals surface area contributed by atoms with Gasteiger partial charge in [-0.05, 0) is 25.2 Å². The van der Waals surface area contributed by atoms with E-state index >= 15 is 0 Å². The van der Waals surface area contributed by atoms with E-state index in [1.165, 1.54) is 17.1 Å². The van der Waals surface area contributed by atoms with E-state index in [1.807, 2.05) is 4.90 Å². The number of hydrogen-bond acceptors (Lipinski definition) is 5. The van der Waals surface area contributed by atoms with Crippen LogP contribution in [0.5, 0.6) is 0 Å². The number of carboxylic acid groups (broad SMARTS) is 1. The van der Waals surface area contributed by atoms with Crippen molar-refractivity contribution in [3.05, 3.63) is 12.4 Å². The zero-order valence-corrected chi connectivity index (χ0v) is 15.8. The van der Waals surface area contributed by atoms with Crippen LogP contribution >= 0.6 is 12.4 Å². The van der Waals surface area contributed by atoms with Crippen molar-refractivity contribution in [2.24, 2.45) is 13.0 Å². The predicted octanol–water partition coefficient (Wildman–Crippen LogP) is 0.838. The third kappa shape index (κ3) is 4.33. The molecule has 1 aliphatic heterocycles. The van der Waals surface area contributed by atoms with Gasteiger partial charge in [-0.2, -0.15) is 5.10 Å². The second kappa shape index (κ2) is 8.03. The highest BCUT2D eigenvalue weighted by atomic mass is 35.5. The van der Waals surface area contributed by atoms with Gasteiger partial charge in [-0.3, -0.25) is 14.4 Å². The van der Waals surface area contributed by atoms with Crippen LogP contribution in [-0.4, -0.2) is 59.3 Å². The highest BCUT2D eigenvalue weighted by Crippen LogP contribution is 2.39. The van der Waals surface area contributed by atoms with E-state index in [-0.39, 0.29) is 29.9 Å². The van der Waals surface area contributed by atoms with Gasteiger partial charge in [0, 0.05) is 32.4 Å². The summed E-state index contributed by atoms with van der Waals surface area (Å²) in [6.45, 7) is 0.613. The number of fused-ring (bicyclic) bond motifs is 1. The molecule has 2 aliphatic rings. The van der Waals surface area contributed by atoms with Crippen LogP contribution in [0.3, 0.4) is 0 Å². The number of rotatable bonds is 6. The van der Waals surface area contributed by atoms with E-state index < -0.39 is 22.0 Å². The first-order valence-corrected chi connectivity index (χ1v) is 9.83. The smallest absolute Gasteiger partial charge is 0.320 e. The van der Waals surface area contributed by atoms with Crippen LogP contribution in [0.4, 0.5) is 0 Å². The summed E-state index contributed by atoms with van der Waals surface area (Å²) in [6.07, 6.45) is 7.77. The van der Waals surface area contributed by atoms with Crippen molar-refractivity contribution in [3.8, 4) is 0 Å². The minimum absolute atomic E-state index is 0. The van der Waals surface area contributed by atoms with Gasteiger partial charge in [-0.25, -0.2) is 13.1 Å². The Kier molecular flexibility index (Phi) is 6.47. The Morgan fingerprint density at radius 1 is 1.40 bits per heavy atom. The van der Waals surface area contributed by atoms with Crippen LogP contribution < -0.4 is 4.72 Å². The molecule has 3 unspecified atom stereocenters. The standard InChI is InChI=1S/C15H24N4O4S.ClH/c1-18-10-12(9-16-18)24(22,23)17-6-7-19-13-5-3-2-4-11(13)8-14(19)15(20)21;/h9-11,13-14,17H,2-8H2,1H3,(H,20,21);1H. The minimum Gasteiger partial charge on any atom is -0.480 e. The summed E-state index contributed by atoms with van der Waals surface area (Å²) in [5, 5.41) is 13.3. The second-order valence-electron chi connectivity index (χ2n) is 6.69. The Hall–Kier alpha value is -1.16. The monoisotopic (exact) mass is 392 g/mol. The van der Waals surface area contributed by atoms with Gasteiger partial charge in [0.1, 0.15) is 10.9 Å². The molecule has 0 radical (unpaired) electrons. The van der Waals surface area contributed by atoms with Crippen LogP contribution in [-0.2, 0) is 21.9 Å². The summed E-state index contributed by atoms with van der Waals surface area (Å²) in [5.41, 5.74) is 0. The van der Waals surface area contributed by atoms with Gasteiger partial charge >= 0.3 is 5.97 Å². The maximum atomic E-state index is 12.2. The third-order valence-corrected chi connectivity index (χ3v) is 6.58. The number of likely N-dealkylation sites (tertiary alicyclic amines) is 1. The van der Waals surface area contributed by atoms with Crippen molar-refractivity contribution in [1.29, 1.82) is 0 Å². The molecule has 8 nitrogen and oxygen atoms in total. The third-order valence-electron chi connectivity index (χ3n) is 5.16. The van der Waals surface area contributed by atoms with Crippen LogP contribution in [0.15, 0.2) is 17.3 Å². The molecule has 3 rings (SSSR count). The molecular formula is C15H25ClN4O4S. The molecule has 1 aliphatic carbocycles. The number of carboxylic acids is 1. The molecule has 1 saturated heterocycles. The van der Waals surface area contributed by atoms with Crippen molar-refractivity contribution in [3.63, 3.8) is 0 Å². The average Bonchev–Trinajstić information content (AvgIpc) is 3.12. The second-order valence-corrected chi connectivity index (χ2v) is 8.45. The molecule has 25 heavy (non-hydrogen) atoms. The van der Waals surface area contributed by atoms with E-state index in [9.17, 15) is 18.3 Å². The minimum atomic E-state index is -3.61. The van der Waals surface area contributed by atoms with Crippen LogP contribution in [0.2, 0.25) is 0 Å². The highest BCUT2D eigenvalue weighted by molar-refractivity contribution is 7.89. The largest absolute Gasteiger partial charge is 0.480 e. The lowest BCUT2D eigenvalue weighted by atomic mass is 9.85. The molecule has 2 N–H and O–H groups in total. The fraction of sp³-hybridized carbons (Fsp3) is 0.733. The van der Waals surface area contributed by atoms with Crippen LogP contribution in [0.25, 0.3) is 0 Å². The van der Waals surface area contributed by atoms with Gasteiger partial charge in [0.2, 0.25) is 10.0 Å². The fourth-order valence-electron chi connectivity index (χ4n) is 4.05. The predicted molar refractivity (Wildman–Crippen MR) is 94.1 cm³/mol. The van der Waals surface area contributed by atoms with Crippen molar-refractivity contribution >= 4 is 28.4 Å². The highest BCUT2D eigenvalue weighted by Gasteiger charge is 2.44. The van der Waals surface area contributed by atoms with Crippen molar-refractivity contribution in [2.45, 2.75) is 49.1 Å². The molecular weight excluding hydrogens is 368 g/mol. The molecule has 2 fully saturated rings. The molecule has 1 aromatic rings. The molecule has 142 valence electrons. The van der Waals surface area contributed by atoms with Gasteiger partial charge < -0.3 is 5.11 Å². The van der Waals surface area contributed by atoms with E-state index in [2.05, 4.69) is 9.82 Å². The Labute approximate surface area is 154 Å². The molecule has 0 bridgehead atoms. The summed E-state index contributed by atoms with van der Waals surface area (Å²) < 4.78 is 28.4. The van der Waals surface area contributed by atoms with E-state index in [4.69, 9.17) is 0 Å². The van der Waals surface area contributed by atoms with Gasteiger partial charge in [-0.15, -0.1) is 12.4 Å². The summed E-state index contributed by atoms with van der Waals surface area (Å²) in [4.78, 5) is 13.7. The molecule has 10 heteroatoms. The van der Waals surface area contributed by atoms with Gasteiger partial charge in [0.15, 0.2) is 0 Å². The topological polar surface area (TPSA) is 105 Å². The summed E-state index contributed by atoms with van der Waals surface area (Å²) in [7, 11) is -1.95. The number of carbonyl (C=O) groups is 1. The number of aryl methyl sites for hydroxylation is 1. The van der Waals surface area contributed by atoms with Gasteiger partial charge in [0.25, 0.3) is 0 Å². The normalized spacial score (nSPS) is 26.8. The number of nitrogens with zero attached hydrogens (tertiary/aromatic N) is 3. The van der Waals surface area contributed by atoms with Gasteiger partial charge in [-0.1, -0.05) is 12.8 Å². The number of aromatic nitrogens is 2. The summed E-state index contributed by atoms with van der Waals surface area (Å²) >= 11 is 0. The number of nitrogens with one attached hydrogen (secondary N) is 1. The first-order valence-electron chi connectivity index (χ1n) is 8.35. The molecule has 0 aromatic carbocycles. The number of halogens is 1. The number of hydrogen-bond donors (Lipinski definition) is 2. The molecule has 1 aromatic heterocycles. The fourth-order valence-corrected chi connectivity index (χ4v) is 5.05. The maximum Gasteiger partial charge on any atom is 0.320 e. The molecule has 2 heterocycles. The zero-order valence-electron chi connectivity index (χ0n) is 14.2. The lowest BCUT2D eigenvalue weighted by Gasteiger charge is -2.32. The SMILES string of the molecule is Cl.Cn1cc(S(=O)(=O)NCCN2C(C(=O)O)CC3CCCCC32)cn1. The Morgan fingerprint density at radius 2 is 2.12 bits per heavy atom. The first kappa shape index (κ1) is 20.2. The van der Waals surface area contributed by atoms with Crippen LogP contribution in [0, 0.1) is 5.92 Å². The van der Waals surface area contributed by atoms with Crippen molar-refractivity contribution in [1.82, 2.24) is 19.4 Å². The lowest BCUT2D eigenvalue weighted by molar-refractivity contribution is -0.142. The molecule has 0 spiro atoms. The number of sulfonamides is 1. The summed E-state index contributed by atoms with van der Waals surface area (Å²) in [6, 6.07) is -0.233. The lowest BCUT2D eigenvalue weighted by Crippen LogP contribution is -2.46. The van der Waals surface area contributed by atoms with Crippen LogP contribution in [0.1, 0.15) is 32.1 Å². The van der Waals surface area contributed by atoms with E-state index in [1.54, 1.807) is 7.05 Å². The number of aliphatic carboxylic acids is 1.